The molecule has 0 spiro atoms. The molecule has 0 aromatic heterocycles. The first kappa shape index (κ1) is 11.7. The average Bonchev–Trinajstić information content (AvgIpc) is 2.58. The first-order chi connectivity index (χ1) is 7.44. The standard InChI is InChI=1S/C12H21NO3/c1-12(2,3)16-11(14)15-10-7-8-5-4-6-9(8)13-10/h8-10,13H,4-7H2,1-3H3/t8-,9-,10?/m1/s1. The average molecular weight is 227 g/mol. The van der Waals surface area contributed by atoms with Gasteiger partial charge in [0.15, 0.2) is 6.23 Å². The smallest absolute Gasteiger partial charge is 0.429 e. The molecule has 4 heteroatoms. The predicted octanol–water partition coefficient (Wildman–Crippen LogP) is 2.43. The minimum atomic E-state index is -0.565. The summed E-state index contributed by atoms with van der Waals surface area (Å²) in [6.07, 6.45) is 3.98. The van der Waals surface area contributed by atoms with E-state index >= 15 is 0 Å². The molecule has 2 rings (SSSR count). The predicted molar refractivity (Wildman–Crippen MR) is 60.0 cm³/mol. The second-order valence-electron chi connectivity index (χ2n) is 5.77. The summed E-state index contributed by atoms with van der Waals surface area (Å²) in [4.78, 5) is 11.4. The lowest BCUT2D eigenvalue weighted by Gasteiger charge is -2.21. The van der Waals surface area contributed by atoms with Crippen LogP contribution in [0.15, 0.2) is 0 Å². The second kappa shape index (κ2) is 4.24. The van der Waals surface area contributed by atoms with Crippen molar-refractivity contribution in [1.82, 2.24) is 5.32 Å². The van der Waals surface area contributed by atoms with E-state index in [2.05, 4.69) is 5.32 Å². The third-order valence-corrected chi connectivity index (χ3v) is 3.20. The first-order valence-corrected chi connectivity index (χ1v) is 6.10. The van der Waals surface area contributed by atoms with Crippen molar-refractivity contribution in [2.45, 2.75) is 64.3 Å². The number of ether oxygens (including phenoxy) is 2. The molecule has 3 atom stereocenters. The van der Waals surface area contributed by atoms with E-state index in [4.69, 9.17) is 9.47 Å². The van der Waals surface area contributed by atoms with Crippen LogP contribution in [0.4, 0.5) is 4.79 Å². The molecule has 2 aliphatic rings. The number of fused-ring (bicyclic) bond motifs is 1. The molecule has 0 bridgehead atoms. The minimum Gasteiger partial charge on any atom is -0.429 e. The molecule has 16 heavy (non-hydrogen) atoms. The molecule has 1 saturated carbocycles. The van der Waals surface area contributed by atoms with Crippen molar-refractivity contribution in [1.29, 1.82) is 0 Å². The molecule has 1 N–H and O–H groups in total. The van der Waals surface area contributed by atoms with Crippen molar-refractivity contribution in [3.63, 3.8) is 0 Å². The molecule has 1 unspecified atom stereocenters. The van der Waals surface area contributed by atoms with Crippen molar-refractivity contribution in [2.75, 3.05) is 0 Å². The molecule has 1 aliphatic carbocycles. The van der Waals surface area contributed by atoms with Gasteiger partial charge in [-0.3, -0.25) is 5.32 Å². The van der Waals surface area contributed by atoms with Crippen molar-refractivity contribution < 1.29 is 14.3 Å². The van der Waals surface area contributed by atoms with Gasteiger partial charge >= 0.3 is 6.16 Å². The number of carbonyl (C=O) groups excluding carboxylic acids is 1. The molecular weight excluding hydrogens is 206 g/mol. The monoisotopic (exact) mass is 227 g/mol. The Hall–Kier alpha value is -0.770. The highest BCUT2D eigenvalue weighted by atomic mass is 16.7. The quantitative estimate of drug-likeness (QED) is 0.699. The zero-order valence-electron chi connectivity index (χ0n) is 10.3. The maximum atomic E-state index is 11.4. The van der Waals surface area contributed by atoms with E-state index in [-0.39, 0.29) is 6.23 Å². The second-order valence-corrected chi connectivity index (χ2v) is 5.77. The van der Waals surface area contributed by atoms with Crippen molar-refractivity contribution in [3.05, 3.63) is 0 Å². The number of nitrogens with one attached hydrogen (secondary N) is 1. The summed E-state index contributed by atoms with van der Waals surface area (Å²) >= 11 is 0. The summed E-state index contributed by atoms with van der Waals surface area (Å²) in [7, 11) is 0. The summed E-state index contributed by atoms with van der Waals surface area (Å²) in [6, 6.07) is 0.549. The fourth-order valence-corrected chi connectivity index (χ4v) is 2.59. The van der Waals surface area contributed by atoms with E-state index in [0.29, 0.717) is 12.0 Å². The molecule has 4 nitrogen and oxygen atoms in total. The summed E-state index contributed by atoms with van der Waals surface area (Å²) in [6.45, 7) is 5.52. The largest absolute Gasteiger partial charge is 0.510 e. The first-order valence-electron chi connectivity index (χ1n) is 6.10. The van der Waals surface area contributed by atoms with Gasteiger partial charge in [-0.1, -0.05) is 6.42 Å². The van der Waals surface area contributed by atoms with E-state index in [0.717, 1.165) is 6.42 Å². The van der Waals surface area contributed by atoms with Gasteiger partial charge in [0.1, 0.15) is 5.60 Å². The van der Waals surface area contributed by atoms with E-state index in [9.17, 15) is 4.79 Å². The zero-order valence-corrected chi connectivity index (χ0v) is 10.3. The van der Waals surface area contributed by atoms with Gasteiger partial charge in [-0.2, -0.15) is 0 Å². The third kappa shape index (κ3) is 2.88. The Balaban J connectivity index is 1.77. The molecule has 0 aromatic rings. The van der Waals surface area contributed by atoms with E-state index in [1.165, 1.54) is 19.3 Å². The number of hydrogen-bond donors (Lipinski definition) is 1. The fraction of sp³-hybridized carbons (Fsp3) is 0.917. The van der Waals surface area contributed by atoms with E-state index in [1.54, 1.807) is 0 Å². The van der Waals surface area contributed by atoms with Crippen LogP contribution in [0.1, 0.15) is 46.5 Å². The normalized spacial score (nSPS) is 33.6. The molecule has 0 amide bonds. The Morgan fingerprint density at radius 1 is 1.31 bits per heavy atom. The summed E-state index contributed by atoms with van der Waals surface area (Å²) in [5.41, 5.74) is -0.481. The van der Waals surface area contributed by atoms with Crippen LogP contribution < -0.4 is 5.32 Å². The van der Waals surface area contributed by atoms with Crippen LogP contribution in [0.25, 0.3) is 0 Å². The van der Waals surface area contributed by atoms with Gasteiger partial charge in [0.25, 0.3) is 0 Å². The lowest BCUT2D eigenvalue weighted by atomic mass is 10.0. The van der Waals surface area contributed by atoms with E-state index < -0.39 is 11.8 Å². The Morgan fingerprint density at radius 3 is 2.69 bits per heavy atom. The molecule has 2 fully saturated rings. The highest BCUT2D eigenvalue weighted by Gasteiger charge is 2.38. The lowest BCUT2D eigenvalue weighted by Crippen LogP contribution is -2.35. The van der Waals surface area contributed by atoms with Crippen LogP contribution >= 0.6 is 0 Å². The van der Waals surface area contributed by atoms with Crippen molar-refractivity contribution in [2.24, 2.45) is 5.92 Å². The topological polar surface area (TPSA) is 47.6 Å². The Morgan fingerprint density at radius 2 is 2.06 bits per heavy atom. The summed E-state index contributed by atoms with van der Waals surface area (Å²) in [5, 5.41) is 3.35. The van der Waals surface area contributed by atoms with Gasteiger partial charge in [0, 0.05) is 12.5 Å². The van der Waals surface area contributed by atoms with E-state index in [1.807, 2.05) is 20.8 Å². The number of hydrogen-bond acceptors (Lipinski definition) is 4. The van der Waals surface area contributed by atoms with Crippen molar-refractivity contribution >= 4 is 6.16 Å². The molecule has 1 saturated heterocycles. The highest BCUT2D eigenvalue weighted by molar-refractivity contribution is 5.60. The van der Waals surface area contributed by atoms with Gasteiger partial charge in [0.2, 0.25) is 0 Å². The lowest BCUT2D eigenvalue weighted by molar-refractivity contribution is -0.0312. The highest BCUT2D eigenvalue weighted by Crippen LogP contribution is 2.35. The van der Waals surface area contributed by atoms with Gasteiger partial charge in [0.05, 0.1) is 0 Å². The maximum absolute atomic E-state index is 11.4. The molecule has 0 radical (unpaired) electrons. The van der Waals surface area contributed by atoms with Crippen LogP contribution in [0.3, 0.4) is 0 Å². The number of rotatable bonds is 1. The van der Waals surface area contributed by atoms with Crippen molar-refractivity contribution in [3.8, 4) is 0 Å². The van der Waals surface area contributed by atoms with Gasteiger partial charge < -0.3 is 9.47 Å². The Bertz CT molecular complexity index is 260. The van der Waals surface area contributed by atoms with Crippen LogP contribution in [-0.2, 0) is 9.47 Å². The Labute approximate surface area is 96.7 Å². The SMILES string of the molecule is CC(C)(C)OC(=O)OC1C[C@H]2CCC[C@H]2N1. The fourth-order valence-electron chi connectivity index (χ4n) is 2.59. The van der Waals surface area contributed by atoms with Gasteiger partial charge in [-0.25, -0.2) is 4.79 Å². The minimum absolute atomic E-state index is 0.148. The van der Waals surface area contributed by atoms with Gasteiger partial charge in [-0.05, 0) is 39.5 Å². The van der Waals surface area contributed by atoms with Crippen LogP contribution in [0.2, 0.25) is 0 Å². The zero-order chi connectivity index (χ0) is 11.8. The summed E-state index contributed by atoms with van der Waals surface area (Å²) < 4.78 is 10.4. The van der Waals surface area contributed by atoms with Crippen LogP contribution in [0, 0.1) is 5.92 Å². The maximum Gasteiger partial charge on any atom is 0.510 e. The molecule has 92 valence electrons. The Kier molecular flexibility index (Phi) is 3.10. The number of carbonyl (C=O) groups is 1. The van der Waals surface area contributed by atoms with Gasteiger partial charge in [-0.15, -0.1) is 0 Å². The third-order valence-electron chi connectivity index (χ3n) is 3.20. The molecule has 0 aromatic carbocycles. The molecular formula is C12H21NO3. The molecule has 1 aliphatic heterocycles. The van der Waals surface area contributed by atoms with Crippen LogP contribution in [0.5, 0.6) is 0 Å². The van der Waals surface area contributed by atoms with Crippen LogP contribution in [-0.4, -0.2) is 24.0 Å². The molecule has 1 heterocycles. The summed E-state index contributed by atoms with van der Waals surface area (Å²) in [5.74, 6) is 0.687.